The zero-order valence-corrected chi connectivity index (χ0v) is 28.5. The summed E-state index contributed by atoms with van der Waals surface area (Å²) in [7, 11) is 0. The average molecular weight is 729 g/mol. The van der Waals surface area contributed by atoms with Gasteiger partial charge in [0.1, 0.15) is 33.0 Å². The predicted molar refractivity (Wildman–Crippen MR) is 187 cm³/mol. The number of nitrogens with zero attached hydrogens (tertiary/aromatic N) is 5. The zero-order valence-electron chi connectivity index (χ0n) is 27.7. The third-order valence-electron chi connectivity index (χ3n) is 9.19. The first-order valence-corrected chi connectivity index (χ1v) is 17.5. The van der Waals surface area contributed by atoms with Crippen LogP contribution in [-0.4, -0.2) is 57.8 Å². The van der Waals surface area contributed by atoms with Crippen molar-refractivity contribution in [1.82, 2.24) is 20.2 Å². The van der Waals surface area contributed by atoms with Crippen molar-refractivity contribution in [2.45, 2.75) is 51.0 Å². The van der Waals surface area contributed by atoms with Crippen molar-refractivity contribution < 1.29 is 32.3 Å². The van der Waals surface area contributed by atoms with Crippen molar-refractivity contribution in [3.63, 3.8) is 0 Å². The number of rotatable bonds is 9. The summed E-state index contributed by atoms with van der Waals surface area (Å²) in [6, 6.07) is 8.01. The molecule has 2 fully saturated rings. The van der Waals surface area contributed by atoms with Crippen LogP contribution >= 0.6 is 11.3 Å². The highest BCUT2D eigenvalue weighted by molar-refractivity contribution is 7.21. The van der Waals surface area contributed by atoms with Gasteiger partial charge in [0, 0.05) is 49.1 Å². The number of urea groups is 1. The first-order chi connectivity index (χ1) is 25.0. The van der Waals surface area contributed by atoms with Gasteiger partial charge in [-0.2, -0.15) is 5.26 Å². The second-order valence-electron chi connectivity index (χ2n) is 12.8. The molecule has 1 saturated heterocycles. The van der Waals surface area contributed by atoms with Crippen molar-refractivity contribution in [2.75, 3.05) is 28.6 Å². The average Bonchev–Trinajstić information content (AvgIpc) is 3.89. The number of thiophene rings is 1. The number of nitrogens with one attached hydrogen (secondary N) is 3. The molecule has 1 unspecified atom stereocenters. The van der Waals surface area contributed by atoms with Gasteiger partial charge in [-0.1, -0.05) is 13.0 Å². The number of hydrogen-bond donors (Lipinski definition) is 3. The second kappa shape index (κ2) is 13.7. The SMILES string of the molecule is CCC(F)(F)c1ccnc(NC(=O)c2ccc(N3C(=O)Nc4c(C(=O)NC5CCCN(C(=O)/C(C#N)=C/C6CC6)C5)sc5nccc3c45)c(F)c2)c1. The predicted octanol–water partition coefficient (Wildman–Crippen LogP) is 6.85. The summed E-state index contributed by atoms with van der Waals surface area (Å²) in [6.45, 7) is 2.02. The minimum atomic E-state index is -3.12. The van der Waals surface area contributed by atoms with E-state index >= 15 is 4.39 Å². The third-order valence-corrected chi connectivity index (χ3v) is 10.3. The number of carbonyl (C=O) groups excluding carboxylic acids is 4. The summed E-state index contributed by atoms with van der Waals surface area (Å²) < 4.78 is 44.0. The molecule has 3 aromatic heterocycles. The Labute approximate surface area is 299 Å². The number of anilines is 4. The van der Waals surface area contributed by atoms with Gasteiger partial charge in [0.25, 0.3) is 23.6 Å². The van der Waals surface area contributed by atoms with Crippen molar-refractivity contribution in [2.24, 2.45) is 5.92 Å². The van der Waals surface area contributed by atoms with Gasteiger partial charge in [-0.15, -0.1) is 11.3 Å². The molecule has 52 heavy (non-hydrogen) atoms. The quantitative estimate of drug-likeness (QED) is 0.126. The summed E-state index contributed by atoms with van der Waals surface area (Å²) in [5.41, 5.74) is -0.0722. The number of likely N-dealkylation sites (tertiary alicyclic amines) is 1. The Morgan fingerprint density at radius 3 is 2.62 bits per heavy atom. The van der Waals surface area contributed by atoms with E-state index in [4.69, 9.17) is 0 Å². The van der Waals surface area contributed by atoms with Crippen LogP contribution in [0.5, 0.6) is 0 Å². The number of amides is 5. The lowest BCUT2D eigenvalue weighted by Crippen LogP contribution is -2.50. The van der Waals surface area contributed by atoms with Crippen molar-refractivity contribution >= 4 is 68.2 Å². The van der Waals surface area contributed by atoms with E-state index in [1.165, 1.54) is 31.3 Å². The van der Waals surface area contributed by atoms with Crippen LogP contribution in [0, 0.1) is 23.1 Å². The molecular formula is C36H31F3N8O4S. The normalized spacial score (nSPS) is 17.4. The van der Waals surface area contributed by atoms with Crippen molar-refractivity contribution in [3.8, 4) is 6.07 Å². The first kappa shape index (κ1) is 34.6. The molecule has 1 aliphatic carbocycles. The number of nitriles is 1. The Hall–Kier alpha value is -5.82. The number of allylic oxidation sites excluding steroid dienone is 1. The van der Waals surface area contributed by atoms with Crippen LogP contribution in [0.25, 0.3) is 10.2 Å². The number of halogens is 3. The highest BCUT2D eigenvalue weighted by atomic mass is 32.1. The number of pyridine rings is 2. The van der Waals surface area contributed by atoms with Crippen LogP contribution in [0.2, 0.25) is 0 Å². The molecule has 1 saturated carbocycles. The summed E-state index contributed by atoms with van der Waals surface area (Å²) in [6.07, 6.45) is 7.01. The lowest BCUT2D eigenvalue weighted by molar-refractivity contribution is -0.128. The van der Waals surface area contributed by atoms with E-state index in [1.807, 2.05) is 6.07 Å². The summed E-state index contributed by atoms with van der Waals surface area (Å²) in [5, 5.41) is 18.0. The maximum absolute atomic E-state index is 15.7. The monoisotopic (exact) mass is 728 g/mol. The van der Waals surface area contributed by atoms with E-state index in [2.05, 4.69) is 25.9 Å². The van der Waals surface area contributed by atoms with Gasteiger partial charge >= 0.3 is 6.03 Å². The number of aromatic nitrogens is 2. The third kappa shape index (κ3) is 6.66. The van der Waals surface area contributed by atoms with E-state index in [-0.39, 0.29) is 62.8 Å². The van der Waals surface area contributed by atoms with E-state index in [0.717, 1.165) is 53.5 Å². The molecule has 3 aliphatic rings. The van der Waals surface area contributed by atoms with Crippen LogP contribution < -0.4 is 20.9 Å². The number of alkyl halides is 2. The minimum absolute atomic E-state index is 0.115. The maximum atomic E-state index is 15.7. The standard InChI is InChI=1S/C36H31F3N8O4S/c1-2-36(38,39)22-9-11-41-27(16-22)44-31(48)20-7-8-25(24(37)15-20)47-26-10-12-42-33-28(26)29(45-35(47)51)30(52-33)32(49)43-23-4-3-13-46(18-23)34(50)21(17-40)14-19-5-6-19/h7-12,14-16,19,23H,2-6,13,18H2,1H3,(H,43,49)(H,45,51)(H,41,44,48)/b21-14+. The Morgan fingerprint density at radius 2 is 1.88 bits per heavy atom. The lowest BCUT2D eigenvalue weighted by Gasteiger charge is -2.33. The topological polar surface area (TPSA) is 160 Å². The molecule has 0 radical (unpaired) electrons. The van der Waals surface area contributed by atoms with Gasteiger partial charge < -0.3 is 20.9 Å². The van der Waals surface area contributed by atoms with Crippen molar-refractivity contribution in [3.05, 3.63) is 82.3 Å². The molecule has 266 valence electrons. The molecule has 1 atom stereocenters. The Balaban J connectivity index is 1.10. The molecule has 7 rings (SSSR count). The molecule has 0 spiro atoms. The first-order valence-electron chi connectivity index (χ1n) is 16.7. The molecule has 2 aliphatic heterocycles. The molecule has 4 aromatic rings. The molecule has 0 bridgehead atoms. The van der Waals surface area contributed by atoms with Crippen LogP contribution in [0.4, 0.5) is 40.8 Å². The van der Waals surface area contributed by atoms with E-state index < -0.39 is 42.0 Å². The van der Waals surface area contributed by atoms with Gasteiger partial charge in [-0.05, 0) is 68.0 Å². The molecule has 3 N–H and O–H groups in total. The molecule has 5 amide bonds. The van der Waals surface area contributed by atoms with Gasteiger partial charge in [0.05, 0.1) is 22.4 Å². The van der Waals surface area contributed by atoms with E-state index in [9.17, 15) is 33.2 Å². The minimum Gasteiger partial charge on any atom is -0.347 e. The van der Waals surface area contributed by atoms with Gasteiger partial charge in [-0.25, -0.2) is 27.9 Å². The molecule has 12 nitrogen and oxygen atoms in total. The van der Waals surface area contributed by atoms with Crippen LogP contribution in [0.1, 0.15) is 64.6 Å². The van der Waals surface area contributed by atoms with Crippen LogP contribution in [-0.2, 0) is 10.7 Å². The Kier molecular flexibility index (Phi) is 9.13. The molecule has 16 heteroatoms. The fourth-order valence-electron chi connectivity index (χ4n) is 6.29. The number of benzene rings is 1. The van der Waals surface area contributed by atoms with Gasteiger partial charge in [-0.3, -0.25) is 19.3 Å². The van der Waals surface area contributed by atoms with E-state index in [1.54, 1.807) is 11.0 Å². The van der Waals surface area contributed by atoms with Crippen LogP contribution in [0.3, 0.4) is 0 Å². The molecular weight excluding hydrogens is 698 g/mol. The lowest BCUT2D eigenvalue weighted by atomic mass is 10.0. The zero-order chi connectivity index (χ0) is 36.7. The molecule has 1 aromatic carbocycles. The Bertz CT molecular complexity index is 2210. The van der Waals surface area contributed by atoms with Crippen LogP contribution in [0.15, 0.2) is 60.4 Å². The fourth-order valence-corrected chi connectivity index (χ4v) is 7.31. The smallest absolute Gasteiger partial charge is 0.331 e. The molecule has 5 heterocycles. The van der Waals surface area contributed by atoms with Crippen molar-refractivity contribution in [1.29, 1.82) is 5.26 Å². The summed E-state index contributed by atoms with van der Waals surface area (Å²) in [4.78, 5) is 64.7. The van der Waals surface area contributed by atoms with E-state index in [0.29, 0.717) is 29.6 Å². The Morgan fingerprint density at radius 1 is 1.10 bits per heavy atom. The maximum Gasteiger partial charge on any atom is 0.331 e. The number of carbonyl (C=O) groups is 4. The highest BCUT2D eigenvalue weighted by Gasteiger charge is 2.36. The summed E-state index contributed by atoms with van der Waals surface area (Å²) >= 11 is 1.05. The summed E-state index contributed by atoms with van der Waals surface area (Å²) in [5.74, 6) is -5.55. The number of hydrogen-bond acceptors (Lipinski definition) is 8. The van der Waals surface area contributed by atoms with Gasteiger partial charge in [0.15, 0.2) is 0 Å². The number of piperidine rings is 1. The highest BCUT2D eigenvalue weighted by Crippen LogP contribution is 2.46. The largest absolute Gasteiger partial charge is 0.347 e. The van der Waals surface area contributed by atoms with Gasteiger partial charge in [0.2, 0.25) is 0 Å². The fraction of sp³-hybridized carbons (Fsp3) is 0.306. The second-order valence-corrected chi connectivity index (χ2v) is 13.8.